The first kappa shape index (κ1) is 19.6. The second-order valence-electron chi connectivity index (χ2n) is 6.27. The predicted molar refractivity (Wildman–Crippen MR) is 110 cm³/mol. The van der Waals surface area contributed by atoms with Crippen LogP contribution in [0.1, 0.15) is 23.6 Å². The number of hydrogen-bond acceptors (Lipinski definition) is 3. The van der Waals surface area contributed by atoms with Crippen molar-refractivity contribution in [2.75, 3.05) is 19.8 Å². The van der Waals surface area contributed by atoms with Crippen molar-refractivity contribution in [3.63, 3.8) is 0 Å². The van der Waals surface area contributed by atoms with Gasteiger partial charge in [0.25, 0.3) is 0 Å². The Hall–Kier alpha value is -3.11. The summed E-state index contributed by atoms with van der Waals surface area (Å²) < 4.78 is 11.5. The summed E-state index contributed by atoms with van der Waals surface area (Å²) in [5, 5.41) is 2.72. The summed E-state index contributed by atoms with van der Waals surface area (Å²) in [6.45, 7) is 2.81. The third-order valence-electron chi connectivity index (χ3n) is 4.51. The number of nitrogens with one attached hydrogen (secondary N) is 1. The van der Waals surface area contributed by atoms with Gasteiger partial charge in [-0.2, -0.15) is 0 Å². The molecular weight excluding hydrogens is 350 g/mol. The molecule has 0 heterocycles. The number of benzene rings is 3. The summed E-state index contributed by atoms with van der Waals surface area (Å²) in [5.41, 5.74) is 2.32. The van der Waals surface area contributed by atoms with Gasteiger partial charge in [-0.05, 0) is 23.6 Å². The lowest BCUT2D eigenvalue weighted by molar-refractivity contribution is 0.0146. The maximum absolute atomic E-state index is 11.6. The highest BCUT2D eigenvalue weighted by molar-refractivity contribution is 5.66. The van der Waals surface area contributed by atoms with E-state index in [0.717, 1.165) is 16.7 Å². The zero-order valence-corrected chi connectivity index (χ0v) is 16.0. The number of rotatable bonds is 8. The van der Waals surface area contributed by atoms with Crippen LogP contribution in [0.3, 0.4) is 0 Å². The molecule has 0 aliphatic carbocycles. The lowest BCUT2D eigenvalue weighted by atomic mass is 9.80. The summed E-state index contributed by atoms with van der Waals surface area (Å²) in [4.78, 5) is 11.6. The van der Waals surface area contributed by atoms with Crippen LogP contribution in [0.25, 0.3) is 0 Å². The first-order chi connectivity index (χ1) is 13.8. The Bertz CT molecular complexity index is 754. The number of ether oxygens (including phenoxy) is 2. The molecule has 0 fully saturated rings. The standard InChI is InChI=1S/C24H25NO3/c1-2-27-23(26)25-18-19-28-24(20-12-6-3-7-13-20,21-14-8-4-9-15-21)22-16-10-5-11-17-22/h3-17H,2,18-19H2,1H3,(H,25,26). The molecule has 0 aromatic heterocycles. The maximum Gasteiger partial charge on any atom is 0.407 e. The van der Waals surface area contributed by atoms with Crippen LogP contribution in [-0.4, -0.2) is 25.9 Å². The fraction of sp³-hybridized carbons (Fsp3) is 0.208. The van der Waals surface area contributed by atoms with E-state index in [4.69, 9.17) is 9.47 Å². The average molecular weight is 375 g/mol. The predicted octanol–water partition coefficient (Wildman–Crippen LogP) is 4.74. The maximum atomic E-state index is 11.6. The molecule has 0 saturated heterocycles. The molecule has 0 aliphatic heterocycles. The van der Waals surface area contributed by atoms with E-state index in [2.05, 4.69) is 41.7 Å². The smallest absolute Gasteiger partial charge is 0.407 e. The van der Waals surface area contributed by atoms with E-state index in [0.29, 0.717) is 19.8 Å². The molecule has 0 bridgehead atoms. The van der Waals surface area contributed by atoms with Crippen molar-refractivity contribution in [3.05, 3.63) is 108 Å². The fourth-order valence-electron chi connectivity index (χ4n) is 3.31. The number of hydrogen-bond donors (Lipinski definition) is 1. The van der Waals surface area contributed by atoms with Crippen LogP contribution in [0.2, 0.25) is 0 Å². The molecule has 0 spiro atoms. The van der Waals surface area contributed by atoms with Crippen molar-refractivity contribution in [2.24, 2.45) is 0 Å². The first-order valence-corrected chi connectivity index (χ1v) is 9.48. The SMILES string of the molecule is CCOC(=O)NCCOC(c1ccccc1)(c1ccccc1)c1ccccc1. The summed E-state index contributed by atoms with van der Waals surface area (Å²) in [6.07, 6.45) is -0.434. The molecule has 3 aromatic carbocycles. The van der Waals surface area contributed by atoms with Gasteiger partial charge in [0.15, 0.2) is 0 Å². The molecule has 28 heavy (non-hydrogen) atoms. The van der Waals surface area contributed by atoms with Crippen LogP contribution >= 0.6 is 0 Å². The van der Waals surface area contributed by atoms with Gasteiger partial charge < -0.3 is 14.8 Å². The third-order valence-corrected chi connectivity index (χ3v) is 4.51. The Balaban J connectivity index is 1.98. The van der Waals surface area contributed by atoms with Gasteiger partial charge in [0.1, 0.15) is 5.60 Å². The summed E-state index contributed by atoms with van der Waals surface area (Å²) in [5.74, 6) is 0. The van der Waals surface area contributed by atoms with Gasteiger partial charge in [-0.15, -0.1) is 0 Å². The monoisotopic (exact) mass is 375 g/mol. The van der Waals surface area contributed by atoms with E-state index in [1.165, 1.54) is 0 Å². The molecule has 3 rings (SSSR count). The minimum atomic E-state index is -0.778. The van der Waals surface area contributed by atoms with Crippen molar-refractivity contribution in [2.45, 2.75) is 12.5 Å². The quantitative estimate of drug-likeness (QED) is 0.457. The van der Waals surface area contributed by atoms with Gasteiger partial charge in [0.05, 0.1) is 13.2 Å². The Morgan fingerprint density at radius 1 is 0.786 bits per heavy atom. The van der Waals surface area contributed by atoms with Crippen LogP contribution in [0.5, 0.6) is 0 Å². The van der Waals surface area contributed by atoms with E-state index in [9.17, 15) is 4.79 Å². The van der Waals surface area contributed by atoms with Gasteiger partial charge >= 0.3 is 6.09 Å². The zero-order chi connectivity index (χ0) is 19.7. The lowest BCUT2D eigenvalue weighted by Gasteiger charge is -2.36. The number of carbonyl (C=O) groups is 1. The molecule has 1 amide bonds. The zero-order valence-electron chi connectivity index (χ0n) is 16.0. The van der Waals surface area contributed by atoms with E-state index >= 15 is 0 Å². The Morgan fingerprint density at radius 2 is 1.21 bits per heavy atom. The summed E-state index contributed by atoms with van der Waals surface area (Å²) in [7, 11) is 0. The average Bonchev–Trinajstić information content (AvgIpc) is 2.76. The van der Waals surface area contributed by atoms with E-state index < -0.39 is 11.7 Å². The Labute approximate surface area is 166 Å². The second-order valence-corrected chi connectivity index (χ2v) is 6.27. The summed E-state index contributed by atoms with van der Waals surface area (Å²) >= 11 is 0. The van der Waals surface area contributed by atoms with Gasteiger partial charge in [0.2, 0.25) is 0 Å². The minimum absolute atomic E-state index is 0.331. The topological polar surface area (TPSA) is 47.6 Å². The number of alkyl carbamates (subject to hydrolysis) is 1. The summed E-state index contributed by atoms with van der Waals surface area (Å²) in [6, 6.07) is 30.4. The van der Waals surface area contributed by atoms with Crippen molar-refractivity contribution in [3.8, 4) is 0 Å². The number of amides is 1. The molecule has 1 N–H and O–H groups in total. The van der Waals surface area contributed by atoms with E-state index in [-0.39, 0.29) is 0 Å². The normalized spacial score (nSPS) is 11.0. The lowest BCUT2D eigenvalue weighted by Crippen LogP contribution is -2.36. The van der Waals surface area contributed by atoms with Crippen molar-refractivity contribution >= 4 is 6.09 Å². The molecular formula is C24H25NO3. The Morgan fingerprint density at radius 3 is 1.61 bits per heavy atom. The van der Waals surface area contributed by atoms with Crippen LogP contribution in [0.4, 0.5) is 4.79 Å². The van der Waals surface area contributed by atoms with Crippen LogP contribution in [-0.2, 0) is 15.1 Å². The highest BCUT2D eigenvalue weighted by atomic mass is 16.5. The molecule has 0 radical (unpaired) electrons. The van der Waals surface area contributed by atoms with E-state index in [1.807, 2.05) is 54.6 Å². The van der Waals surface area contributed by atoms with Crippen LogP contribution in [0.15, 0.2) is 91.0 Å². The van der Waals surface area contributed by atoms with Gasteiger partial charge in [-0.25, -0.2) is 4.79 Å². The molecule has 0 saturated carbocycles. The van der Waals surface area contributed by atoms with Gasteiger partial charge in [-0.3, -0.25) is 0 Å². The fourth-order valence-corrected chi connectivity index (χ4v) is 3.31. The molecule has 0 aliphatic rings. The number of carbonyl (C=O) groups excluding carboxylic acids is 1. The molecule has 3 aromatic rings. The van der Waals surface area contributed by atoms with Crippen LogP contribution in [0, 0.1) is 0 Å². The van der Waals surface area contributed by atoms with Crippen LogP contribution < -0.4 is 5.32 Å². The highest BCUT2D eigenvalue weighted by Gasteiger charge is 2.37. The molecule has 0 atom stereocenters. The van der Waals surface area contributed by atoms with Gasteiger partial charge in [-0.1, -0.05) is 91.0 Å². The van der Waals surface area contributed by atoms with Crippen molar-refractivity contribution < 1.29 is 14.3 Å². The minimum Gasteiger partial charge on any atom is -0.450 e. The second kappa shape index (κ2) is 9.72. The Kier molecular flexibility index (Phi) is 6.82. The largest absolute Gasteiger partial charge is 0.450 e. The van der Waals surface area contributed by atoms with Crippen molar-refractivity contribution in [1.82, 2.24) is 5.32 Å². The van der Waals surface area contributed by atoms with Gasteiger partial charge in [0, 0.05) is 6.54 Å². The third kappa shape index (κ3) is 4.41. The highest BCUT2D eigenvalue weighted by Crippen LogP contribution is 2.40. The molecule has 144 valence electrons. The molecule has 0 unspecified atom stereocenters. The first-order valence-electron chi connectivity index (χ1n) is 9.48. The van der Waals surface area contributed by atoms with E-state index in [1.54, 1.807) is 6.92 Å². The molecule has 4 nitrogen and oxygen atoms in total. The van der Waals surface area contributed by atoms with Crippen molar-refractivity contribution in [1.29, 1.82) is 0 Å². The molecule has 4 heteroatoms.